The van der Waals surface area contributed by atoms with E-state index in [9.17, 15) is 9.59 Å². The minimum atomic E-state index is -0.118. The number of likely N-dealkylation sites (tertiary alicyclic amines) is 1. The van der Waals surface area contributed by atoms with Gasteiger partial charge in [0.25, 0.3) is 0 Å². The van der Waals surface area contributed by atoms with Crippen molar-refractivity contribution in [1.82, 2.24) is 15.5 Å². The third-order valence-electron chi connectivity index (χ3n) is 5.31. The molecule has 1 heterocycles. The van der Waals surface area contributed by atoms with Crippen LogP contribution in [0.5, 0.6) is 0 Å². The Bertz CT molecular complexity index is 654. The second-order valence-electron chi connectivity index (χ2n) is 8.15. The molecule has 142 valence electrons. The lowest BCUT2D eigenvalue weighted by atomic mass is 9.88. The predicted molar refractivity (Wildman–Crippen MR) is 103 cm³/mol. The first-order valence-corrected chi connectivity index (χ1v) is 9.85. The van der Waals surface area contributed by atoms with Crippen molar-refractivity contribution in [2.24, 2.45) is 11.8 Å². The maximum atomic E-state index is 12.8. The van der Waals surface area contributed by atoms with Gasteiger partial charge in [-0.05, 0) is 57.9 Å². The Morgan fingerprint density at radius 3 is 2.62 bits per heavy atom. The lowest BCUT2D eigenvalue weighted by Crippen LogP contribution is -2.51. The molecule has 1 aromatic carbocycles. The first-order valence-electron chi connectivity index (χ1n) is 9.85. The summed E-state index contributed by atoms with van der Waals surface area (Å²) in [4.78, 5) is 27.2. The van der Waals surface area contributed by atoms with Crippen LogP contribution in [0.2, 0.25) is 0 Å². The highest BCUT2D eigenvalue weighted by atomic mass is 16.2. The molecule has 5 nitrogen and oxygen atoms in total. The molecular formula is C21H31N3O2. The highest BCUT2D eigenvalue weighted by Gasteiger charge is 2.36. The summed E-state index contributed by atoms with van der Waals surface area (Å²) < 4.78 is 0. The number of hydrogen-bond donors (Lipinski definition) is 2. The molecule has 2 aliphatic rings. The van der Waals surface area contributed by atoms with E-state index in [1.54, 1.807) is 0 Å². The Labute approximate surface area is 156 Å². The van der Waals surface area contributed by atoms with E-state index in [4.69, 9.17) is 0 Å². The van der Waals surface area contributed by atoms with Crippen molar-refractivity contribution in [3.8, 4) is 0 Å². The van der Waals surface area contributed by atoms with E-state index >= 15 is 0 Å². The van der Waals surface area contributed by atoms with Gasteiger partial charge in [0.05, 0.1) is 12.0 Å². The van der Waals surface area contributed by atoms with Crippen LogP contribution < -0.4 is 10.6 Å². The van der Waals surface area contributed by atoms with Gasteiger partial charge in [0.1, 0.15) is 0 Å². The summed E-state index contributed by atoms with van der Waals surface area (Å²) in [6.45, 7) is 7.26. The number of nitrogens with zero attached hydrogens (tertiary/aromatic N) is 1. The minimum absolute atomic E-state index is 0.0288. The normalized spacial score (nSPS) is 23.0. The van der Waals surface area contributed by atoms with Gasteiger partial charge >= 0.3 is 6.03 Å². The Kier molecular flexibility index (Phi) is 5.84. The van der Waals surface area contributed by atoms with Crippen LogP contribution >= 0.6 is 0 Å². The molecule has 0 aromatic heterocycles. The van der Waals surface area contributed by atoms with E-state index in [1.807, 2.05) is 24.8 Å². The highest BCUT2D eigenvalue weighted by Crippen LogP contribution is 2.34. The molecule has 1 aromatic rings. The monoisotopic (exact) mass is 357 g/mol. The maximum Gasteiger partial charge on any atom is 0.318 e. The van der Waals surface area contributed by atoms with Gasteiger partial charge < -0.3 is 15.5 Å². The Balaban J connectivity index is 1.72. The zero-order valence-corrected chi connectivity index (χ0v) is 16.1. The molecular weight excluding hydrogens is 326 g/mol. The third kappa shape index (κ3) is 4.77. The molecule has 1 aliphatic heterocycles. The van der Waals surface area contributed by atoms with Crippen molar-refractivity contribution in [3.05, 3.63) is 35.4 Å². The molecule has 26 heavy (non-hydrogen) atoms. The molecule has 2 unspecified atom stereocenters. The quantitative estimate of drug-likeness (QED) is 0.848. The van der Waals surface area contributed by atoms with Gasteiger partial charge in [-0.15, -0.1) is 0 Å². The fraction of sp³-hybridized carbons (Fsp3) is 0.619. The topological polar surface area (TPSA) is 61.4 Å². The second-order valence-corrected chi connectivity index (χ2v) is 8.15. The molecule has 0 radical (unpaired) electrons. The van der Waals surface area contributed by atoms with E-state index in [0.29, 0.717) is 12.5 Å². The Morgan fingerprint density at radius 1 is 1.19 bits per heavy atom. The van der Waals surface area contributed by atoms with Gasteiger partial charge in [-0.1, -0.05) is 29.8 Å². The molecule has 2 atom stereocenters. The molecule has 3 rings (SSSR count). The van der Waals surface area contributed by atoms with Crippen LogP contribution in [0, 0.1) is 18.8 Å². The van der Waals surface area contributed by atoms with E-state index in [2.05, 4.69) is 35.8 Å². The lowest BCUT2D eigenvalue weighted by molar-refractivity contribution is -0.126. The number of nitrogens with one attached hydrogen (secondary N) is 2. The predicted octanol–water partition coefficient (Wildman–Crippen LogP) is 3.39. The number of urea groups is 1. The van der Waals surface area contributed by atoms with Gasteiger partial charge in [0.2, 0.25) is 5.91 Å². The number of hydrogen-bond acceptors (Lipinski definition) is 2. The van der Waals surface area contributed by atoms with Gasteiger partial charge in [-0.3, -0.25) is 4.79 Å². The fourth-order valence-corrected chi connectivity index (χ4v) is 3.67. The zero-order chi connectivity index (χ0) is 18.7. The average Bonchev–Trinajstić information content (AvgIpc) is 3.43. The SMILES string of the molecule is Cc1cccc(C2CCC(C(=O)NCC3CC3)CN2C(=O)NC(C)C)c1. The van der Waals surface area contributed by atoms with Crippen LogP contribution in [-0.2, 0) is 4.79 Å². The molecule has 2 N–H and O–H groups in total. The number of piperidine rings is 1. The van der Waals surface area contributed by atoms with E-state index in [-0.39, 0.29) is 29.9 Å². The molecule has 0 bridgehead atoms. The van der Waals surface area contributed by atoms with Crippen LogP contribution in [0.25, 0.3) is 0 Å². The number of carbonyl (C=O) groups excluding carboxylic acids is 2. The van der Waals surface area contributed by atoms with Crippen molar-refractivity contribution in [2.75, 3.05) is 13.1 Å². The van der Waals surface area contributed by atoms with Gasteiger partial charge in [-0.25, -0.2) is 4.79 Å². The summed E-state index contributed by atoms with van der Waals surface area (Å²) in [5.41, 5.74) is 2.34. The van der Waals surface area contributed by atoms with Crippen LogP contribution in [0.1, 0.15) is 56.7 Å². The summed E-state index contributed by atoms with van der Waals surface area (Å²) in [5.74, 6) is 0.651. The third-order valence-corrected chi connectivity index (χ3v) is 5.31. The maximum absolute atomic E-state index is 12.8. The molecule has 3 amide bonds. The molecule has 1 saturated carbocycles. The number of carbonyl (C=O) groups is 2. The van der Waals surface area contributed by atoms with Crippen molar-refractivity contribution in [3.63, 3.8) is 0 Å². The molecule has 1 saturated heterocycles. The fourth-order valence-electron chi connectivity index (χ4n) is 3.67. The zero-order valence-electron chi connectivity index (χ0n) is 16.1. The highest BCUT2D eigenvalue weighted by molar-refractivity contribution is 5.81. The molecule has 1 aliphatic carbocycles. The van der Waals surface area contributed by atoms with E-state index < -0.39 is 0 Å². The first kappa shape index (κ1) is 18.7. The number of amides is 3. The second kappa shape index (κ2) is 8.11. The summed E-state index contributed by atoms with van der Waals surface area (Å²) in [7, 11) is 0. The Hall–Kier alpha value is -2.04. The summed E-state index contributed by atoms with van der Waals surface area (Å²) >= 11 is 0. The van der Waals surface area contributed by atoms with Crippen LogP contribution in [0.15, 0.2) is 24.3 Å². The number of aryl methyl sites for hydroxylation is 1. The van der Waals surface area contributed by atoms with E-state index in [1.165, 1.54) is 18.4 Å². The molecule has 0 spiro atoms. The minimum Gasteiger partial charge on any atom is -0.356 e. The average molecular weight is 357 g/mol. The number of benzene rings is 1. The summed E-state index contributed by atoms with van der Waals surface area (Å²) in [6, 6.07) is 8.36. The van der Waals surface area contributed by atoms with Gasteiger partial charge in [-0.2, -0.15) is 0 Å². The number of rotatable bonds is 5. The van der Waals surface area contributed by atoms with Crippen LogP contribution in [-0.4, -0.2) is 36.0 Å². The lowest BCUT2D eigenvalue weighted by Gasteiger charge is -2.40. The van der Waals surface area contributed by atoms with Gasteiger partial charge in [0, 0.05) is 19.1 Å². The van der Waals surface area contributed by atoms with Crippen molar-refractivity contribution in [1.29, 1.82) is 0 Å². The smallest absolute Gasteiger partial charge is 0.318 e. The summed E-state index contributed by atoms with van der Waals surface area (Å²) in [5, 5.41) is 6.08. The standard InChI is InChI=1S/C21H31N3O2/c1-14(2)23-21(26)24-13-18(20(25)22-12-16-7-8-16)9-10-19(24)17-6-4-5-15(3)11-17/h4-6,11,14,16,18-19H,7-10,12-13H2,1-3H3,(H,22,25)(H,23,26). The first-order chi connectivity index (χ1) is 12.4. The summed E-state index contributed by atoms with van der Waals surface area (Å²) in [6.07, 6.45) is 4.09. The largest absolute Gasteiger partial charge is 0.356 e. The Morgan fingerprint density at radius 2 is 1.96 bits per heavy atom. The van der Waals surface area contributed by atoms with Crippen molar-refractivity contribution in [2.45, 2.75) is 58.5 Å². The van der Waals surface area contributed by atoms with Gasteiger partial charge in [0.15, 0.2) is 0 Å². The van der Waals surface area contributed by atoms with Crippen LogP contribution in [0.4, 0.5) is 4.79 Å². The molecule has 5 heteroatoms. The molecule has 2 fully saturated rings. The van der Waals surface area contributed by atoms with Crippen molar-refractivity contribution < 1.29 is 9.59 Å². The van der Waals surface area contributed by atoms with E-state index in [0.717, 1.165) is 24.9 Å². The van der Waals surface area contributed by atoms with Crippen LogP contribution in [0.3, 0.4) is 0 Å². The van der Waals surface area contributed by atoms with Crippen molar-refractivity contribution >= 4 is 11.9 Å².